The summed E-state index contributed by atoms with van der Waals surface area (Å²) in [6.07, 6.45) is 3.07. The molecule has 0 atom stereocenters. The molecule has 12 heteroatoms. The zero-order valence-electron chi connectivity index (χ0n) is 19.8. The number of nitrogens with zero attached hydrogens (tertiary/aromatic N) is 1. The van der Waals surface area contributed by atoms with Crippen LogP contribution in [0, 0.1) is 15.9 Å². The van der Waals surface area contributed by atoms with E-state index in [9.17, 15) is 18.5 Å². The van der Waals surface area contributed by atoms with E-state index in [1.807, 2.05) is 0 Å². The maximum atomic E-state index is 15.2. The molecule has 0 aromatic heterocycles. The number of methoxy groups -OCH3 is 4. The number of rotatable bonds is 10. The number of sulfonamides is 1. The Morgan fingerprint density at radius 2 is 1.53 bits per heavy atom. The molecule has 3 rings (SSSR count). The van der Waals surface area contributed by atoms with Gasteiger partial charge >= 0.3 is 0 Å². The second kappa shape index (κ2) is 11.0. The minimum atomic E-state index is -4.39. The predicted octanol–water partition coefficient (Wildman–Crippen LogP) is 4.74. The minimum absolute atomic E-state index is 0.163. The maximum absolute atomic E-state index is 15.2. The molecule has 0 saturated carbocycles. The molecule has 0 spiro atoms. The molecule has 190 valence electrons. The molecule has 3 aromatic rings. The molecule has 0 aliphatic carbocycles. The highest BCUT2D eigenvalue weighted by Crippen LogP contribution is 2.39. The van der Waals surface area contributed by atoms with Crippen LogP contribution in [0.3, 0.4) is 0 Å². The van der Waals surface area contributed by atoms with E-state index in [1.165, 1.54) is 58.8 Å². The Morgan fingerprint density at radius 1 is 0.889 bits per heavy atom. The van der Waals surface area contributed by atoms with Gasteiger partial charge in [0.1, 0.15) is 0 Å². The van der Waals surface area contributed by atoms with E-state index in [-0.39, 0.29) is 11.3 Å². The van der Waals surface area contributed by atoms with Gasteiger partial charge in [0.15, 0.2) is 23.1 Å². The Morgan fingerprint density at radius 3 is 2.08 bits per heavy atom. The van der Waals surface area contributed by atoms with Gasteiger partial charge in [-0.2, -0.15) is 0 Å². The standard InChI is InChI=1S/C24H23FN2O8S/c1-32-19-11-10-16(9-8-15-12-20(33-2)24(35-4)21(13-15)34-3)23(22(19)25)26-36(30,31)18-7-5-6-17(14-18)27(28)29/h5-14,26H,1-4H3/b9-8-. The summed E-state index contributed by atoms with van der Waals surface area (Å²) in [4.78, 5) is 9.93. The SMILES string of the molecule is COc1ccc(/C=C\c2cc(OC)c(OC)c(OC)c2)c(NS(=O)(=O)c2cccc([N+](=O)[O-])c2)c1F. The molecular formula is C24H23FN2O8S. The highest BCUT2D eigenvalue weighted by molar-refractivity contribution is 7.92. The summed E-state index contributed by atoms with van der Waals surface area (Å²) in [5, 5.41) is 11.1. The molecule has 0 aliphatic heterocycles. The summed E-state index contributed by atoms with van der Waals surface area (Å²) in [5.41, 5.74) is -0.0691. The normalized spacial score (nSPS) is 11.2. The summed E-state index contributed by atoms with van der Waals surface area (Å²) in [5.74, 6) is 0.0151. The number of hydrogen-bond acceptors (Lipinski definition) is 8. The van der Waals surface area contributed by atoms with Crippen LogP contribution in [0.5, 0.6) is 23.0 Å². The molecule has 0 heterocycles. The largest absolute Gasteiger partial charge is 0.494 e. The Balaban J connectivity index is 2.07. The van der Waals surface area contributed by atoms with Gasteiger partial charge in [-0.3, -0.25) is 14.8 Å². The molecule has 0 aliphatic rings. The molecule has 10 nitrogen and oxygen atoms in total. The minimum Gasteiger partial charge on any atom is -0.494 e. The second-order valence-electron chi connectivity index (χ2n) is 7.20. The second-order valence-corrected chi connectivity index (χ2v) is 8.88. The van der Waals surface area contributed by atoms with E-state index in [2.05, 4.69) is 4.72 Å². The van der Waals surface area contributed by atoms with Gasteiger partial charge in [0.05, 0.1) is 43.9 Å². The smallest absolute Gasteiger partial charge is 0.270 e. The third-order valence-electron chi connectivity index (χ3n) is 5.08. The van der Waals surface area contributed by atoms with Crippen LogP contribution in [-0.4, -0.2) is 41.8 Å². The zero-order chi connectivity index (χ0) is 26.5. The third-order valence-corrected chi connectivity index (χ3v) is 6.42. The Kier molecular flexibility index (Phi) is 8.00. The fraction of sp³-hybridized carbons (Fsp3) is 0.167. The fourth-order valence-corrected chi connectivity index (χ4v) is 4.44. The molecule has 0 fully saturated rings. The molecule has 0 radical (unpaired) electrons. The number of benzene rings is 3. The van der Waals surface area contributed by atoms with Crippen LogP contribution in [0.2, 0.25) is 0 Å². The number of anilines is 1. The van der Waals surface area contributed by atoms with Crippen LogP contribution < -0.4 is 23.7 Å². The summed E-state index contributed by atoms with van der Waals surface area (Å²) >= 11 is 0. The van der Waals surface area contributed by atoms with Crippen molar-refractivity contribution in [2.24, 2.45) is 0 Å². The Hall–Kier alpha value is -4.32. The molecule has 1 N–H and O–H groups in total. The lowest BCUT2D eigenvalue weighted by Gasteiger charge is -2.14. The van der Waals surface area contributed by atoms with Gasteiger partial charge in [-0.15, -0.1) is 0 Å². The lowest BCUT2D eigenvalue weighted by Crippen LogP contribution is -2.15. The number of non-ortho nitro benzene ring substituents is 1. The average molecular weight is 519 g/mol. The van der Waals surface area contributed by atoms with E-state index >= 15 is 4.39 Å². The van der Waals surface area contributed by atoms with Gasteiger partial charge in [0, 0.05) is 17.7 Å². The first kappa shape index (κ1) is 26.3. The van der Waals surface area contributed by atoms with Crippen LogP contribution >= 0.6 is 0 Å². The van der Waals surface area contributed by atoms with Crippen LogP contribution in [-0.2, 0) is 10.0 Å². The summed E-state index contributed by atoms with van der Waals surface area (Å²) in [6.45, 7) is 0. The molecule has 3 aromatic carbocycles. The number of nitro groups is 1. The van der Waals surface area contributed by atoms with E-state index < -0.39 is 37.0 Å². The van der Waals surface area contributed by atoms with Crippen molar-refractivity contribution in [1.29, 1.82) is 0 Å². The summed E-state index contributed by atoms with van der Waals surface area (Å²) in [7, 11) is 1.24. The molecule has 0 amide bonds. The summed E-state index contributed by atoms with van der Waals surface area (Å²) < 4.78 is 64.3. The van der Waals surface area contributed by atoms with Crippen molar-refractivity contribution in [2.75, 3.05) is 33.2 Å². The van der Waals surface area contributed by atoms with Crippen molar-refractivity contribution < 1.29 is 36.7 Å². The van der Waals surface area contributed by atoms with Crippen LogP contribution in [0.25, 0.3) is 12.2 Å². The lowest BCUT2D eigenvalue weighted by molar-refractivity contribution is -0.385. The molecule has 0 unspecified atom stereocenters. The van der Waals surface area contributed by atoms with Gasteiger partial charge in [-0.1, -0.05) is 18.2 Å². The van der Waals surface area contributed by atoms with E-state index in [1.54, 1.807) is 18.2 Å². The Bertz CT molecular complexity index is 1400. The lowest BCUT2D eigenvalue weighted by atomic mass is 10.1. The topological polar surface area (TPSA) is 126 Å². The third kappa shape index (κ3) is 5.49. The fourth-order valence-electron chi connectivity index (χ4n) is 3.31. The van der Waals surface area contributed by atoms with E-state index in [0.29, 0.717) is 22.8 Å². The first-order valence-electron chi connectivity index (χ1n) is 10.3. The van der Waals surface area contributed by atoms with Gasteiger partial charge in [0.25, 0.3) is 15.7 Å². The predicted molar refractivity (Wildman–Crippen MR) is 132 cm³/mol. The highest BCUT2D eigenvalue weighted by Gasteiger charge is 2.22. The number of nitro benzene ring substituents is 1. The maximum Gasteiger partial charge on any atom is 0.270 e. The quantitative estimate of drug-likeness (QED) is 0.232. The van der Waals surface area contributed by atoms with Gasteiger partial charge in [0.2, 0.25) is 5.75 Å². The van der Waals surface area contributed by atoms with Gasteiger partial charge in [-0.25, -0.2) is 12.8 Å². The van der Waals surface area contributed by atoms with Crippen molar-refractivity contribution in [3.63, 3.8) is 0 Å². The zero-order valence-corrected chi connectivity index (χ0v) is 20.6. The average Bonchev–Trinajstić information content (AvgIpc) is 2.88. The van der Waals surface area contributed by atoms with Crippen LogP contribution in [0.15, 0.2) is 53.4 Å². The molecule has 0 bridgehead atoms. The first-order chi connectivity index (χ1) is 17.1. The monoisotopic (exact) mass is 518 g/mol. The van der Waals surface area contributed by atoms with Crippen LogP contribution in [0.1, 0.15) is 11.1 Å². The first-order valence-corrected chi connectivity index (χ1v) is 11.7. The number of halogens is 1. The summed E-state index contributed by atoms with van der Waals surface area (Å²) in [6, 6.07) is 10.5. The van der Waals surface area contributed by atoms with Crippen molar-refractivity contribution >= 4 is 33.6 Å². The van der Waals surface area contributed by atoms with Crippen molar-refractivity contribution in [1.82, 2.24) is 0 Å². The number of nitrogens with one attached hydrogen (secondary N) is 1. The van der Waals surface area contributed by atoms with Crippen molar-refractivity contribution in [3.05, 3.63) is 75.6 Å². The molecule has 36 heavy (non-hydrogen) atoms. The highest BCUT2D eigenvalue weighted by atomic mass is 32.2. The van der Waals surface area contributed by atoms with Gasteiger partial charge < -0.3 is 18.9 Å². The van der Waals surface area contributed by atoms with Crippen molar-refractivity contribution in [2.45, 2.75) is 4.90 Å². The number of hydrogen-bond donors (Lipinski definition) is 1. The Labute approximate surface area is 207 Å². The van der Waals surface area contributed by atoms with Gasteiger partial charge in [-0.05, 0) is 35.9 Å². The van der Waals surface area contributed by atoms with Crippen molar-refractivity contribution in [3.8, 4) is 23.0 Å². The number of ether oxygens (including phenoxy) is 4. The molecule has 0 saturated heterocycles. The van der Waals surface area contributed by atoms with E-state index in [4.69, 9.17) is 18.9 Å². The molecular weight excluding hydrogens is 495 g/mol. The van der Waals surface area contributed by atoms with Crippen LogP contribution in [0.4, 0.5) is 15.8 Å². The van der Waals surface area contributed by atoms with E-state index in [0.717, 1.165) is 12.1 Å².